The van der Waals surface area contributed by atoms with Crippen LogP contribution in [-0.2, 0) is 9.53 Å². The number of carboxylic acid groups (broad SMARTS) is 1. The lowest BCUT2D eigenvalue weighted by atomic mass is 10.1. The third-order valence-corrected chi connectivity index (χ3v) is 2.90. The van der Waals surface area contributed by atoms with Gasteiger partial charge in [-0.25, -0.2) is 0 Å². The van der Waals surface area contributed by atoms with Crippen molar-refractivity contribution in [1.82, 2.24) is 0 Å². The highest BCUT2D eigenvalue weighted by Gasteiger charge is 2.02. The second-order valence-electron chi connectivity index (χ2n) is 4.74. The first-order chi connectivity index (χ1) is 8.16. The van der Waals surface area contributed by atoms with Crippen molar-refractivity contribution in [2.75, 3.05) is 6.61 Å². The molecule has 0 rings (SSSR count). The number of carbonyl (C=O) groups is 1. The molecular weight excluding hydrogens is 216 g/mol. The number of rotatable bonds is 12. The number of unbranched alkanes of at least 4 members (excludes halogenated alkanes) is 5. The first-order valence-corrected chi connectivity index (χ1v) is 7.00. The van der Waals surface area contributed by atoms with Crippen LogP contribution in [0.2, 0.25) is 0 Å². The minimum Gasteiger partial charge on any atom is -0.481 e. The Bertz CT molecular complexity index is 180. The average Bonchev–Trinajstić information content (AvgIpc) is 2.29. The Balaban J connectivity index is 3.16. The molecule has 1 N–H and O–H groups in total. The predicted molar refractivity (Wildman–Crippen MR) is 70.3 cm³/mol. The van der Waals surface area contributed by atoms with E-state index in [-0.39, 0.29) is 6.42 Å². The molecule has 0 spiro atoms. The minimum atomic E-state index is -0.699. The van der Waals surface area contributed by atoms with Crippen molar-refractivity contribution in [3.63, 3.8) is 0 Å². The van der Waals surface area contributed by atoms with Gasteiger partial charge in [0.1, 0.15) is 0 Å². The van der Waals surface area contributed by atoms with Crippen molar-refractivity contribution in [3.8, 4) is 0 Å². The molecule has 3 heteroatoms. The second-order valence-corrected chi connectivity index (χ2v) is 4.74. The molecule has 0 aromatic rings. The van der Waals surface area contributed by atoms with Gasteiger partial charge in [0.15, 0.2) is 0 Å². The summed E-state index contributed by atoms with van der Waals surface area (Å²) in [6.07, 6.45) is 9.65. The maximum Gasteiger partial charge on any atom is 0.303 e. The summed E-state index contributed by atoms with van der Waals surface area (Å²) in [6.45, 7) is 5.12. The molecular formula is C14H28O3. The second kappa shape index (κ2) is 11.9. The van der Waals surface area contributed by atoms with Crippen LogP contribution in [0.25, 0.3) is 0 Å². The summed E-state index contributed by atoms with van der Waals surface area (Å²) >= 11 is 0. The van der Waals surface area contributed by atoms with Crippen molar-refractivity contribution >= 4 is 5.97 Å². The van der Waals surface area contributed by atoms with Crippen LogP contribution in [0.4, 0.5) is 0 Å². The summed E-state index contributed by atoms with van der Waals surface area (Å²) in [5.74, 6) is -0.699. The number of ether oxygens (including phenoxy) is 1. The van der Waals surface area contributed by atoms with Crippen LogP contribution in [0, 0.1) is 0 Å². The van der Waals surface area contributed by atoms with E-state index in [4.69, 9.17) is 9.84 Å². The van der Waals surface area contributed by atoms with Crippen molar-refractivity contribution in [2.45, 2.75) is 77.7 Å². The summed E-state index contributed by atoms with van der Waals surface area (Å²) in [4.78, 5) is 10.3. The van der Waals surface area contributed by atoms with Crippen LogP contribution < -0.4 is 0 Å². The molecule has 0 aliphatic heterocycles. The molecule has 0 radical (unpaired) electrons. The highest BCUT2D eigenvalue weighted by molar-refractivity contribution is 5.66. The van der Waals surface area contributed by atoms with E-state index >= 15 is 0 Å². The molecule has 0 aliphatic rings. The Morgan fingerprint density at radius 2 is 1.82 bits per heavy atom. The Kier molecular flexibility index (Phi) is 11.5. The fraction of sp³-hybridized carbons (Fsp3) is 0.929. The molecule has 0 aromatic carbocycles. The van der Waals surface area contributed by atoms with E-state index in [1.54, 1.807) is 0 Å². The third-order valence-electron chi connectivity index (χ3n) is 2.90. The monoisotopic (exact) mass is 244 g/mol. The van der Waals surface area contributed by atoms with Crippen molar-refractivity contribution in [2.24, 2.45) is 0 Å². The SMILES string of the molecule is CCCCCCC(C)OCCCCCC(=O)O. The van der Waals surface area contributed by atoms with Gasteiger partial charge in [-0.2, -0.15) is 0 Å². The van der Waals surface area contributed by atoms with Crippen LogP contribution >= 0.6 is 0 Å². The first kappa shape index (κ1) is 16.4. The molecule has 0 aliphatic carbocycles. The van der Waals surface area contributed by atoms with Gasteiger partial charge in [0.05, 0.1) is 6.10 Å². The summed E-state index contributed by atoms with van der Waals surface area (Å²) in [7, 11) is 0. The lowest BCUT2D eigenvalue weighted by molar-refractivity contribution is -0.137. The molecule has 17 heavy (non-hydrogen) atoms. The van der Waals surface area contributed by atoms with E-state index in [9.17, 15) is 4.79 Å². The smallest absolute Gasteiger partial charge is 0.303 e. The lowest BCUT2D eigenvalue weighted by Gasteiger charge is -2.12. The molecule has 0 amide bonds. The molecule has 0 fully saturated rings. The van der Waals surface area contributed by atoms with Crippen molar-refractivity contribution in [3.05, 3.63) is 0 Å². The van der Waals surface area contributed by atoms with Crippen molar-refractivity contribution in [1.29, 1.82) is 0 Å². The summed E-state index contributed by atoms with van der Waals surface area (Å²) in [5, 5.41) is 8.47. The zero-order valence-corrected chi connectivity index (χ0v) is 11.4. The number of carboxylic acids is 1. The maximum atomic E-state index is 10.3. The Labute approximate surface area is 106 Å². The average molecular weight is 244 g/mol. The van der Waals surface area contributed by atoms with E-state index < -0.39 is 5.97 Å². The zero-order chi connectivity index (χ0) is 12.9. The van der Waals surface area contributed by atoms with Gasteiger partial charge < -0.3 is 9.84 Å². The predicted octanol–water partition coefficient (Wildman–Crippen LogP) is 4.01. The van der Waals surface area contributed by atoms with Gasteiger partial charge in [0, 0.05) is 13.0 Å². The van der Waals surface area contributed by atoms with E-state index in [1.807, 2.05) is 0 Å². The van der Waals surface area contributed by atoms with Crippen LogP contribution in [0.5, 0.6) is 0 Å². The van der Waals surface area contributed by atoms with Gasteiger partial charge in [-0.05, 0) is 26.2 Å². The molecule has 0 aromatic heterocycles. The van der Waals surface area contributed by atoms with E-state index in [1.165, 1.54) is 25.7 Å². The quantitative estimate of drug-likeness (QED) is 0.528. The van der Waals surface area contributed by atoms with E-state index in [0.29, 0.717) is 6.10 Å². The fourth-order valence-electron chi connectivity index (χ4n) is 1.78. The van der Waals surface area contributed by atoms with Gasteiger partial charge >= 0.3 is 5.97 Å². The number of hydrogen-bond acceptors (Lipinski definition) is 2. The molecule has 0 heterocycles. The molecule has 3 nitrogen and oxygen atoms in total. The van der Waals surface area contributed by atoms with Crippen molar-refractivity contribution < 1.29 is 14.6 Å². The van der Waals surface area contributed by atoms with Crippen LogP contribution in [0.1, 0.15) is 71.6 Å². The van der Waals surface area contributed by atoms with Crippen LogP contribution in [0.3, 0.4) is 0 Å². The van der Waals surface area contributed by atoms with E-state index in [0.717, 1.165) is 32.3 Å². The molecule has 102 valence electrons. The molecule has 1 atom stereocenters. The van der Waals surface area contributed by atoms with Crippen LogP contribution in [0.15, 0.2) is 0 Å². The highest BCUT2D eigenvalue weighted by atomic mass is 16.5. The minimum absolute atomic E-state index is 0.284. The maximum absolute atomic E-state index is 10.3. The topological polar surface area (TPSA) is 46.5 Å². The Morgan fingerprint density at radius 3 is 2.47 bits per heavy atom. The van der Waals surface area contributed by atoms with Gasteiger partial charge in [-0.1, -0.05) is 39.0 Å². The number of hydrogen-bond donors (Lipinski definition) is 1. The normalized spacial score (nSPS) is 12.6. The van der Waals surface area contributed by atoms with Crippen LogP contribution in [-0.4, -0.2) is 23.8 Å². The molecule has 0 saturated carbocycles. The summed E-state index contributed by atoms with van der Waals surface area (Å²) in [6, 6.07) is 0. The zero-order valence-electron chi connectivity index (χ0n) is 11.4. The highest BCUT2D eigenvalue weighted by Crippen LogP contribution is 2.09. The van der Waals surface area contributed by atoms with E-state index in [2.05, 4.69) is 13.8 Å². The standard InChI is InChI=1S/C14H28O3/c1-3-4-5-7-10-13(2)17-12-9-6-8-11-14(15)16/h13H,3-12H2,1-2H3,(H,15,16). The summed E-state index contributed by atoms with van der Waals surface area (Å²) < 4.78 is 5.68. The lowest BCUT2D eigenvalue weighted by Crippen LogP contribution is -2.09. The first-order valence-electron chi connectivity index (χ1n) is 7.00. The summed E-state index contributed by atoms with van der Waals surface area (Å²) in [5.41, 5.74) is 0. The van der Waals surface area contributed by atoms with Gasteiger partial charge in [0.2, 0.25) is 0 Å². The number of aliphatic carboxylic acids is 1. The third kappa shape index (κ3) is 13.4. The molecule has 0 bridgehead atoms. The largest absolute Gasteiger partial charge is 0.481 e. The molecule has 1 unspecified atom stereocenters. The van der Waals surface area contributed by atoms with Gasteiger partial charge in [0.25, 0.3) is 0 Å². The van der Waals surface area contributed by atoms with Gasteiger partial charge in [-0.3, -0.25) is 4.79 Å². The molecule has 0 saturated heterocycles. The fourth-order valence-corrected chi connectivity index (χ4v) is 1.78. The Hall–Kier alpha value is -0.570. The Morgan fingerprint density at radius 1 is 1.12 bits per heavy atom. The van der Waals surface area contributed by atoms with Gasteiger partial charge in [-0.15, -0.1) is 0 Å².